The second-order valence-corrected chi connectivity index (χ2v) is 4.04. The molecule has 2 aromatic rings. The summed E-state index contributed by atoms with van der Waals surface area (Å²) in [7, 11) is 0. The van der Waals surface area contributed by atoms with Crippen LogP contribution < -0.4 is 19.9 Å². The molecule has 1 amide bonds. The zero-order chi connectivity index (χ0) is 15.9. The van der Waals surface area contributed by atoms with Crippen molar-refractivity contribution in [3.8, 4) is 29.2 Å². The van der Waals surface area contributed by atoms with Crippen LogP contribution in [0, 0.1) is 0 Å². The number of nitrogens with zero attached hydrogens (tertiary/aromatic N) is 3. The van der Waals surface area contributed by atoms with Gasteiger partial charge in [-0.05, 0) is 38.1 Å². The molecule has 1 aromatic heterocycles. The Balaban J connectivity index is 2.31. The maximum atomic E-state index is 10.7. The Labute approximate surface area is 127 Å². The normalized spacial score (nSPS) is 10.1. The zero-order valence-corrected chi connectivity index (χ0v) is 12.3. The molecule has 0 saturated carbocycles. The van der Waals surface area contributed by atoms with Gasteiger partial charge in [0.25, 0.3) is 0 Å². The SMILES string of the molecule is CCOc1nc(OCC)nc(-c2ccc(OC(N)=O)cc2)n1. The van der Waals surface area contributed by atoms with Crippen LogP contribution in [0.2, 0.25) is 0 Å². The summed E-state index contributed by atoms with van der Waals surface area (Å²) in [5.74, 6) is 0.730. The van der Waals surface area contributed by atoms with Crippen LogP contribution in [0.15, 0.2) is 24.3 Å². The van der Waals surface area contributed by atoms with Gasteiger partial charge in [0.15, 0.2) is 5.82 Å². The summed E-state index contributed by atoms with van der Waals surface area (Å²) in [5.41, 5.74) is 5.65. The number of ether oxygens (including phenoxy) is 3. The number of aromatic nitrogens is 3. The van der Waals surface area contributed by atoms with Crippen molar-refractivity contribution in [2.75, 3.05) is 13.2 Å². The smallest absolute Gasteiger partial charge is 0.409 e. The maximum absolute atomic E-state index is 10.7. The molecule has 8 heteroatoms. The Bertz CT molecular complexity index is 622. The molecule has 0 aliphatic rings. The molecule has 1 heterocycles. The lowest BCUT2D eigenvalue weighted by atomic mass is 10.2. The Kier molecular flexibility index (Phi) is 5.07. The van der Waals surface area contributed by atoms with Gasteiger partial charge in [-0.15, -0.1) is 4.98 Å². The molecular formula is C14H16N4O4. The summed E-state index contributed by atoms with van der Waals surface area (Å²) in [6.45, 7) is 4.53. The predicted molar refractivity (Wildman–Crippen MR) is 77.8 cm³/mol. The van der Waals surface area contributed by atoms with Crippen LogP contribution in [0.4, 0.5) is 4.79 Å². The molecule has 0 unspecified atom stereocenters. The van der Waals surface area contributed by atoms with E-state index in [0.29, 0.717) is 30.4 Å². The van der Waals surface area contributed by atoms with Gasteiger partial charge < -0.3 is 19.9 Å². The molecule has 0 aliphatic heterocycles. The topological polar surface area (TPSA) is 109 Å². The van der Waals surface area contributed by atoms with Crippen LogP contribution in [0.1, 0.15) is 13.8 Å². The minimum Gasteiger partial charge on any atom is -0.464 e. The molecule has 0 bridgehead atoms. The number of carbonyl (C=O) groups is 1. The van der Waals surface area contributed by atoms with E-state index < -0.39 is 6.09 Å². The first-order valence-corrected chi connectivity index (χ1v) is 6.71. The van der Waals surface area contributed by atoms with Crippen molar-refractivity contribution in [3.05, 3.63) is 24.3 Å². The molecule has 0 radical (unpaired) electrons. The fraction of sp³-hybridized carbons (Fsp3) is 0.286. The predicted octanol–water partition coefficient (Wildman–Crippen LogP) is 1.79. The van der Waals surface area contributed by atoms with Gasteiger partial charge in [0.2, 0.25) is 0 Å². The van der Waals surface area contributed by atoms with E-state index in [9.17, 15) is 4.79 Å². The average molecular weight is 304 g/mol. The molecule has 116 valence electrons. The van der Waals surface area contributed by atoms with E-state index in [1.807, 2.05) is 13.8 Å². The lowest BCUT2D eigenvalue weighted by Crippen LogP contribution is -2.16. The largest absolute Gasteiger partial charge is 0.464 e. The maximum Gasteiger partial charge on any atom is 0.409 e. The first-order chi connectivity index (χ1) is 10.6. The minimum atomic E-state index is -0.870. The Morgan fingerprint density at radius 3 is 2.00 bits per heavy atom. The van der Waals surface area contributed by atoms with E-state index in [-0.39, 0.29) is 12.0 Å². The molecule has 0 spiro atoms. The highest BCUT2D eigenvalue weighted by Crippen LogP contribution is 2.22. The number of amides is 1. The third kappa shape index (κ3) is 4.05. The van der Waals surface area contributed by atoms with E-state index in [2.05, 4.69) is 15.0 Å². The third-order valence-electron chi connectivity index (χ3n) is 2.47. The molecule has 0 saturated heterocycles. The quantitative estimate of drug-likeness (QED) is 0.866. The zero-order valence-electron chi connectivity index (χ0n) is 12.3. The summed E-state index contributed by atoms with van der Waals surface area (Å²) in [6, 6.07) is 6.94. The minimum absolute atomic E-state index is 0.188. The number of nitrogens with two attached hydrogens (primary N) is 1. The standard InChI is InChI=1S/C14H16N4O4/c1-3-20-13-16-11(17-14(18-13)21-4-2)9-5-7-10(8-6-9)22-12(15)19/h5-8H,3-4H2,1-2H3,(H2,15,19). The number of benzene rings is 1. The van der Waals surface area contributed by atoms with Gasteiger partial charge >= 0.3 is 18.1 Å². The summed E-state index contributed by atoms with van der Waals surface area (Å²) < 4.78 is 15.4. The van der Waals surface area contributed by atoms with Crippen LogP contribution in [-0.2, 0) is 0 Å². The summed E-state index contributed by atoms with van der Waals surface area (Å²) in [6.07, 6.45) is -0.870. The monoisotopic (exact) mass is 304 g/mol. The summed E-state index contributed by atoms with van der Waals surface area (Å²) in [4.78, 5) is 23.2. The molecule has 1 aromatic carbocycles. The van der Waals surface area contributed by atoms with E-state index >= 15 is 0 Å². The first-order valence-electron chi connectivity index (χ1n) is 6.71. The number of carbonyl (C=O) groups excluding carboxylic acids is 1. The highest BCUT2D eigenvalue weighted by Gasteiger charge is 2.10. The van der Waals surface area contributed by atoms with Crippen LogP contribution >= 0.6 is 0 Å². The number of hydrogen-bond acceptors (Lipinski definition) is 7. The van der Waals surface area contributed by atoms with Crippen LogP contribution in [0.3, 0.4) is 0 Å². The lowest BCUT2D eigenvalue weighted by molar-refractivity contribution is 0.211. The van der Waals surface area contributed by atoms with Gasteiger partial charge in [0, 0.05) is 5.56 Å². The van der Waals surface area contributed by atoms with Crippen molar-refractivity contribution >= 4 is 6.09 Å². The molecule has 2 N–H and O–H groups in total. The van der Waals surface area contributed by atoms with Crippen molar-refractivity contribution in [1.82, 2.24) is 15.0 Å². The molecule has 0 fully saturated rings. The second-order valence-electron chi connectivity index (χ2n) is 4.04. The van der Waals surface area contributed by atoms with Crippen LogP contribution in [0.25, 0.3) is 11.4 Å². The van der Waals surface area contributed by atoms with Gasteiger partial charge in [-0.2, -0.15) is 9.97 Å². The molecule has 22 heavy (non-hydrogen) atoms. The number of hydrogen-bond donors (Lipinski definition) is 1. The summed E-state index contributed by atoms with van der Waals surface area (Å²) in [5, 5.41) is 0. The molecule has 0 atom stereocenters. The van der Waals surface area contributed by atoms with Crippen molar-refractivity contribution in [2.45, 2.75) is 13.8 Å². The van der Waals surface area contributed by atoms with Crippen LogP contribution in [0.5, 0.6) is 17.8 Å². The molecular weight excluding hydrogens is 288 g/mol. The fourth-order valence-corrected chi connectivity index (χ4v) is 1.64. The fourth-order valence-electron chi connectivity index (χ4n) is 1.64. The highest BCUT2D eigenvalue weighted by atomic mass is 16.5. The highest BCUT2D eigenvalue weighted by molar-refractivity contribution is 5.68. The molecule has 0 aliphatic carbocycles. The Hall–Kier alpha value is -2.90. The Morgan fingerprint density at radius 2 is 1.55 bits per heavy atom. The van der Waals surface area contributed by atoms with E-state index in [0.717, 1.165) is 0 Å². The van der Waals surface area contributed by atoms with Crippen molar-refractivity contribution in [2.24, 2.45) is 5.73 Å². The first kappa shape index (κ1) is 15.5. The third-order valence-corrected chi connectivity index (χ3v) is 2.47. The van der Waals surface area contributed by atoms with Crippen molar-refractivity contribution in [3.63, 3.8) is 0 Å². The van der Waals surface area contributed by atoms with Gasteiger partial charge in [0.1, 0.15) is 5.75 Å². The van der Waals surface area contributed by atoms with E-state index in [1.165, 1.54) is 0 Å². The number of rotatable bonds is 6. The van der Waals surface area contributed by atoms with Gasteiger partial charge in [-0.3, -0.25) is 0 Å². The summed E-state index contributed by atoms with van der Waals surface area (Å²) >= 11 is 0. The van der Waals surface area contributed by atoms with Gasteiger partial charge in [0.05, 0.1) is 13.2 Å². The molecule has 2 rings (SSSR count). The van der Waals surface area contributed by atoms with E-state index in [1.54, 1.807) is 24.3 Å². The van der Waals surface area contributed by atoms with Crippen molar-refractivity contribution < 1.29 is 19.0 Å². The van der Waals surface area contributed by atoms with Gasteiger partial charge in [-0.1, -0.05) is 0 Å². The van der Waals surface area contributed by atoms with Crippen molar-refractivity contribution in [1.29, 1.82) is 0 Å². The second kappa shape index (κ2) is 7.21. The Morgan fingerprint density at radius 1 is 1.00 bits per heavy atom. The lowest BCUT2D eigenvalue weighted by Gasteiger charge is -2.08. The van der Waals surface area contributed by atoms with Gasteiger partial charge in [-0.25, -0.2) is 4.79 Å². The van der Waals surface area contributed by atoms with E-state index in [4.69, 9.17) is 19.9 Å². The average Bonchev–Trinajstić information content (AvgIpc) is 2.48. The van der Waals surface area contributed by atoms with Crippen LogP contribution in [-0.4, -0.2) is 34.3 Å². The number of primary amides is 1. The molecule has 8 nitrogen and oxygen atoms in total.